The van der Waals surface area contributed by atoms with Crippen LogP contribution in [0.5, 0.6) is 11.5 Å². The molecule has 0 heterocycles. The van der Waals surface area contributed by atoms with Crippen molar-refractivity contribution in [3.05, 3.63) is 65.7 Å². The Hall–Kier alpha value is -3.03. The zero-order chi connectivity index (χ0) is 19.9. The molecule has 0 aliphatic heterocycles. The molecule has 3 rings (SSSR count). The topological polar surface area (TPSA) is 30.5 Å². The van der Waals surface area contributed by atoms with Gasteiger partial charge in [-0.25, -0.2) is 0 Å². The summed E-state index contributed by atoms with van der Waals surface area (Å²) >= 11 is 5.54. The standard InChI is InChI=1S/C24H23NO2S/c1-4-13-27-22-11-6-18(15-23(22)26-3)7-12-24(28)25-21-10-9-19-8-5-17(2)14-20(19)16-21/h1,5-6,8-11,14-16H,7,12-13H2,2-3H3,(H,25,28). The summed E-state index contributed by atoms with van der Waals surface area (Å²) in [6.45, 7) is 2.32. The molecule has 142 valence electrons. The molecule has 0 atom stereocenters. The number of ether oxygens (including phenoxy) is 2. The molecular formula is C24H23NO2S. The Morgan fingerprint density at radius 2 is 1.86 bits per heavy atom. The molecule has 0 aliphatic carbocycles. The van der Waals surface area contributed by atoms with E-state index in [1.165, 1.54) is 16.3 Å². The van der Waals surface area contributed by atoms with Gasteiger partial charge >= 0.3 is 0 Å². The first-order valence-electron chi connectivity index (χ1n) is 9.12. The van der Waals surface area contributed by atoms with E-state index < -0.39 is 0 Å². The van der Waals surface area contributed by atoms with Crippen molar-refractivity contribution in [3.63, 3.8) is 0 Å². The van der Waals surface area contributed by atoms with E-state index in [2.05, 4.69) is 54.6 Å². The number of hydrogen-bond acceptors (Lipinski definition) is 3. The molecule has 0 radical (unpaired) electrons. The second-order valence-electron chi connectivity index (χ2n) is 6.59. The van der Waals surface area contributed by atoms with E-state index in [4.69, 9.17) is 28.1 Å². The van der Waals surface area contributed by atoms with Crippen LogP contribution in [-0.2, 0) is 6.42 Å². The Morgan fingerprint density at radius 1 is 1.04 bits per heavy atom. The van der Waals surface area contributed by atoms with Crippen molar-refractivity contribution in [2.24, 2.45) is 0 Å². The van der Waals surface area contributed by atoms with Gasteiger partial charge in [0, 0.05) is 12.1 Å². The van der Waals surface area contributed by atoms with Crippen LogP contribution in [-0.4, -0.2) is 18.7 Å². The van der Waals surface area contributed by atoms with Crippen LogP contribution < -0.4 is 14.8 Å². The minimum atomic E-state index is 0.217. The van der Waals surface area contributed by atoms with E-state index >= 15 is 0 Å². The number of thiocarbonyl (C=S) groups is 1. The highest BCUT2D eigenvalue weighted by atomic mass is 32.1. The van der Waals surface area contributed by atoms with Crippen LogP contribution in [0.15, 0.2) is 54.6 Å². The number of terminal acetylenes is 1. The van der Waals surface area contributed by atoms with E-state index in [0.717, 1.165) is 29.1 Å². The molecule has 0 amide bonds. The maximum absolute atomic E-state index is 5.54. The number of nitrogens with one attached hydrogen (secondary N) is 1. The predicted molar refractivity (Wildman–Crippen MR) is 121 cm³/mol. The lowest BCUT2D eigenvalue weighted by Gasteiger charge is -2.12. The first-order valence-corrected chi connectivity index (χ1v) is 9.53. The van der Waals surface area contributed by atoms with Gasteiger partial charge < -0.3 is 14.8 Å². The molecule has 4 heteroatoms. The Morgan fingerprint density at radius 3 is 2.64 bits per heavy atom. The molecule has 0 saturated heterocycles. The number of fused-ring (bicyclic) bond motifs is 1. The van der Waals surface area contributed by atoms with E-state index in [0.29, 0.717) is 11.5 Å². The van der Waals surface area contributed by atoms with Crippen molar-refractivity contribution in [3.8, 4) is 23.8 Å². The van der Waals surface area contributed by atoms with Crippen molar-refractivity contribution in [2.75, 3.05) is 19.0 Å². The average Bonchev–Trinajstić information content (AvgIpc) is 2.70. The van der Waals surface area contributed by atoms with Gasteiger partial charge in [-0.05, 0) is 53.9 Å². The van der Waals surface area contributed by atoms with Crippen LogP contribution in [0.3, 0.4) is 0 Å². The van der Waals surface area contributed by atoms with Crippen LogP contribution >= 0.6 is 12.2 Å². The highest BCUT2D eigenvalue weighted by molar-refractivity contribution is 7.80. The highest BCUT2D eigenvalue weighted by Crippen LogP contribution is 2.28. The third-order valence-electron chi connectivity index (χ3n) is 4.46. The minimum Gasteiger partial charge on any atom is -0.493 e. The van der Waals surface area contributed by atoms with Gasteiger partial charge in [0.2, 0.25) is 0 Å². The summed E-state index contributed by atoms with van der Waals surface area (Å²) in [5.74, 6) is 3.78. The Kier molecular flexibility index (Phi) is 6.52. The largest absolute Gasteiger partial charge is 0.493 e. The van der Waals surface area contributed by atoms with E-state index in [9.17, 15) is 0 Å². The number of aryl methyl sites for hydroxylation is 2. The highest BCUT2D eigenvalue weighted by Gasteiger charge is 2.07. The van der Waals surface area contributed by atoms with E-state index in [1.807, 2.05) is 18.2 Å². The number of hydrogen-bond donors (Lipinski definition) is 1. The number of benzene rings is 3. The van der Waals surface area contributed by atoms with Gasteiger partial charge in [-0.1, -0.05) is 54.0 Å². The van der Waals surface area contributed by atoms with E-state index in [-0.39, 0.29) is 6.61 Å². The molecule has 28 heavy (non-hydrogen) atoms. The molecule has 0 unspecified atom stereocenters. The van der Waals surface area contributed by atoms with Crippen molar-refractivity contribution in [2.45, 2.75) is 19.8 Å². The maximum Gasteiger partial charge on any atom is 0.162 e. The van der Waals surface area contributed by atoms with Gasteiger partial charge in [0.15, 0.2) is 11.5 Å². The molecule has 1 N–H and O–H groups in total. The fourth-order valence-electron chi connectivity index (χ4n) is 3.03. The Labute approximate surface area is 171 Å². The Bertz CT molecular complexity index is 1040. The van der Waals surface area contributed by atoms with Crippen molar-refractivity contribution in [1.82, 2.24) is 0 Å². The van der Waals surface area contributed by atoms with Crippen molar-refractivity contribution < 1.29 is 9.47 Å². The Balaban J connectivity index is 1.62. The van der Waals surface area contributed by atoms with Gasteiger partial charge in [0.1, 0.15) is 6.61 Å². The summed E-state index contributed by atoms with van der Waals surface area (Å²) in [7, 11) is 1.62. The SMILES string of the molecule is C#CCOc1ccc(CCC(=S)Nc2ccc3ccc(C)cc3c2)cc1OC. The van der Waals surface area contributed by atoms with Gasteiger partial charge in [-0.3, -0.25) is 0 Å². The van der Waals surface area contributed by atoms with Gasteiger partial charge in [0.05, 0.1) is 12.1 Å². The van der Waals surface area contributed by atoms with Crippen LogP contribution in [0.2, 0.25) is 0 Å². The molecule has 0 aromatic heterocycles. The fourth-order valence-corrected chi connectivity index (χ4v) is 3.25. The molecular weight excluding hydrogens is 366 g/mol. The lowest BCUT2D eigenvalue weighted by molar-refractivity contribution is 0.330. The van der Waals surface area contributed by atoms with Crippen molar-refractivity contribution in [1.29, 1.82) is 0 Å². The molecule has 0 fully saturated rings. The van der Waals surface area contributed by atoms with Gasteiger partial charge in [-0.2, -0.15) is 0 Å². The van der Waals surface area contributed by atoms with Crippen LogP contribution in [0, 0.1) is 19.3 Å². The first kappa shape index (κ1) is 19.7. The van der Waals surface area contributed by atoms with Crippen molar-refractivity contribution >= 4 is 33.7 Å². The lowest BCUT2D eigenvalue weighted by Crippen LogP contribution is -2.10. The molecule has 3 aromatic rings. The average molecular weight is 390 g/mol. The normalized spacial score (nSPS) is 10.3. The first-order chi connectivity index (χ1) is 13.6. The van der Waals surface area contributed by atoms with Gasteiger partial charge in [-0.15, -0.1) is 6.42 Å². The third-order valence-corrected chi connectivity index (χ3v) is 4.77. The molecule has 0 spiro atoms. The smallest absolute Gasteiger partial charge is 0.162 e. The number of rotatable bonds is 7. The molecule has 3 nitrogen and oxygen atoms in total. The fraction of sp³-hybridized carbons (Fsp3) is 0.208. The zero-order valence-electron chi connectivity index (χ0n) is 16.1. The summed E-state index contributed by atoms with van der Waals surface area (Å²) in [6, 6.07) is 18.6. The van der Waals surface area contributed by atoms with Gasteiger partial charge in [0.25, 0.3) is 0 Å². The minimum absolute atomic E-state index is 0.217. The monoisotopic (exact) mass is 389 g/mol. The maximum atomic E-state index is 5.54. The quantitative estimate of drug-likeness (QED) is 0.424. The van der Waals surface area contributed by atoms with Crippen LogP contribution in [0.25, 0.3) is 10.8 Å². The molecule has 0 bridgehead atoms. The second-order valence-corrected chi connectivity index (χ2v) is 7.08. The summed E-state index contributed by atoms with van der Waals surface area (Å²) in [5.41, 5.74) is 3.39. The van der Waals surface area contributed by atoms with Crippen LogP contribution in [0.4, 0.5) is 5.69 Å². The number of methoxy groups -OCH3 is 1. The summed E-state index contributed by atoms with van der Waals surface area (Å²) in [5, 5.41) is 5.78. The summed E-state index contributed by atoms with van der Waals surface area (Å²) in [6.07, 6.45) is 6.80. The molecule has 0 aliphatic rings. The summed E-state index contributed by atoms with van der Waals surface area (Å²) < 4.78 is 10.9. The zero-order valence-corrected chi connectivity index (χ0v) is 16.9. The van der Waals surface area contributed by atoms with E-state index in [1.54, 1.807) is 7.11 Å². The van der Waals surface area contributed by atoms with Crippen LogP contribution in [0.1, 0.15) is 17.5 Å². The third kappa shape index (κ3) is 5.03. The lowest BCUT2D eigenvalue weighted by atomic mass is 10.1. The second kappa shape index (κ2) is 9.25. The molecule has 0 saturated carbocycles. The number of anilines is 1. The predicted octanol–water partition coefficient (Wildman–Crippen LogP) is 5.54. The molecule has 3 aromatic carbocycles. The summed E-state index contributed by atoms with van der Waals surface area (Å²) in [4.78, 5) is 0.804.